The van der Waals surface area contributed by atoms with Gasteiger partial charge in [-0.3, -0.25) is 4.79 Å². The highest BCUT2D eigenvalue weighted by atomic mass is 16.7. The third kappa shape index (κ3) is 4.17. The van der Waals surface area contributed by atoms with Crippen molar-refractivity contribution in [2.75, 3.05) is 13.3 Å². The van der Waals surface area contributed by atoms with Crippen LogP contribution in [0.4, 0.5) is 0 Å². The summed E-state index contributed by atoms with van der Waals surface area (Å²) in [4.78, 5) is 12.0. The highest BCUT2D eigenvalue weighted by Gasteiger charge is 2.12. The molecule has 1 aliphatic rings. The number of para-hydroxylation sites is 1. The average molecular weight is 361 g/mol. The van der Waals surface area contributed by atoms with Crippen molar-refractivity contribution in [2.24, 2.45) is 0 Å². The van der Waals surface area contributed by atoms with Gasteiger partial charge in [-0.2, -0.15) is 5.10 Å². The summed E-state index contributed by atoms with van der Waals surface area (Å²) in [6, 6.07) is 15.5. The van der Waals surface area contributed by atoms with E-state index in [1.54, 1.807) is 6.08 Å². The number of carbonyl (C=O) groups is 1. The molecule has 6 nitrogen and oxygen atoms in total. The van der Waals surface area contributed by atoms with E-state index in [1.807, 2.05) is 65.6 Å². The molecule has 6 heteroatoms. The summed E-state index contributed by atoms with van der Waals surface area (Å²) in [5.41, 5.74) is 2.97. The lowest BCUT2D eigenvalue weighted by molar-refractivity contribution is -0.116. The molecule has 136 valence electrons. The van der Waals surface area contributed by atoms with Gasteiger partial charge in [-0.05, 0) is 47.9 Å². The topological polar surface area (TPSA) is 65.4 Å². The van der Waals surface area contributed by atoms with Gasteiger partial charge in [-0.25, -0.2) is 4.68 Å². The number of hydrogen-bond donors (Lipinski definition) is 1. The molecule has 1 aromatic heterocycles. The predicted octanol–water partition coefficient (Wildman–Crippen LogP) is 2.97. The van der Waals surface area contributed by atoms with Crippen LogP contribution in [-0.4, -0.2) is 29.0 Å². The van der Waals surface area contributed by atoms with Crippen LogP contribution in [0.3, 0.4) is 0 Å². The molecule has 2 heterocycles. The second-order valence-corrected chi connectivity index (χ2v) is 6.12. The SMILES string of the molecule is O=C(/C=C/c1ccc2c(c1)OCO2)NCCc1cnn(-c2ccccc2)c1. The Morgan fingerprint density at radius 2 is 2.00 bits per heavy atom. The Hall–Kier alpha value is -3.54. The highest BCUT2D eigenvalue weighted by Crippen LogP contribution is 2.32. The molecule has 1 amide bonds. The van der Waals surface area contributed by atoms with Crippen molar-refractivity contribution in [3.63, 3.8) is 0 Å². The van der Waals surface area contributed by atoms with E-state index in [2.05, 4.69) is 10.4 Å². The van der Waals surface area contributed by atoms with Crippen LogP contribution >= 0.6 is 0 Å². The van der Waals surface area contributed by atoms with Gasteiger partial charge in [0.05, 0.1) is 11.9 Å². The van der Waals surface area contributed by atoms with Crippen molar-refractivity contribution in [1.29, 1.82) is 0 Å². The number of nitrogens with one attached hydrogen (secondary N) is 1. The molecular weight excluding hydrogens is 342 g/mol. The number of rotatable bonds is 6. The molecule has 0 fully saturated rings. The number of fused-ring (bicyclic) bond motifs is 1. The van der Waals surface area contributed by atoms with Crippen molar-refractivity contribution in [3.8, 4) is 17.2 Å². The standard InChI is InChI=1S/C21H19N3O3/c25-21(9-7-16-6-8-19-20(12-16)27-15-26-19)22-11-10-17-13-23-24(14-17)18-4-2-1-3-5-18/h1-9,12-14H,10-11,15H2,(H,22,25)/b9-7+. The van der Waals surface area contributed by atoms with Gasteiger partial charge in [-0.1, -0.05) is 24.3 Å². The molecule has 0 spiro atoms. The van der Waals surface area contributed by atoms with E-state index >= 15 is 0 Å². The maximum Gasteiger partial charge on any atom is 0.244 e. The molecule has 0 aliphatic carbocycles. The van der Waals surface area contributed by atoms with Crippen molar-refractivity contribution < 1.29 is 14.3 Å². The molecule has 1 aliphatic heterocycles. The molecular formula is C21H19N3O3. The lowest BCUT2D eigenvalue weighted by Crippen LogP contribution is -2.23. The fourth-order valence-corrected chi connectivity index (χ4v) is 2.79. The number of aromatic nitrogens is 2. The summed E-state index contributed by atoms with van der Waals surface area (Å²) in [7, 11) is 0. The number of hydrogen-bond acceptors (Lipinski definition) is 4. The van der Waals surface area contributed by atoms with Gasteiger partial charge in [0.25, 0.3) is 0 Å². The van der Waals surface area contributed by atoms with Crippen LogP contribution in [0, 0.1) is 0 Å². The minimum absolute atomic E-state index is 0.136. The second kappa shape index (κ2) is 7.78. The van der Waals surface area contributed by atoms with E-state index in [0.29, 0.717) is 12.3 Å². The number of benzene rings is 2. The first-order chi connectivity index (χ1) is 13.3. The average Bonchev–Trinajstić information content (AvgIpc) is 3.36. The lowest BCUT2D eigenvalue weighted by atomic mass is 10.2. The van der Waals surface area contributed by atoms with Crippen LogP contribution in [0.25, 0.3) is 11.8 Å². The van der Waals surface area contributed by atoms with Crippen LogP contribution in [-0.2, 0) is 11.2 Å². The maximum absolute atomic E-state index is 12.0. The van der Waals surface area contributed by atoms with Gasteiger partial charge in [0.1, 0.15) is 0 Å². The Morgan fingerprint density at radius 1 is 1.15 bits per heavy atom. The van der Waals surface area contributed by atoms with E-state index in [4.69, 9.17) is 9.47 Å². The number of amides is 1. The molecule has 3 aromatic rings. The van der Waals surface area contributed by atoms with Crippen molar-refractivity contribution in [2.45, 2.75) is 6.42 Å². The summed E-state index contributed by atoms with van der Waals surface area (Å²) in [6.07, 6.45) is 7.79. The first-order valence-corrected chi connectivity index (χ1v) is 8.72. The van der Waals surface area contributed by atoms with Gasteiger partial charge < -0.3 is 14.8 Å². The van der Waals surface area contributed by atoms with E-state index in [-0.39, 0.29) is 12.7 Å². The zero-order chi connectivity index (χ0) is 18.5. The first-order valence-electron chi connectivity index (χ1n) is 8.72. The monoisotopic (exact) mass is 361 g/mol. The van der Waals surface area contributed by atoms with Crippen molar-refractivity contribution in [3.05, 3.63) is 78.1 Å². The number of nitrogens with zero attached hydrogens (tertiary/aromatic N) is 2. The van der Waals surface area contributed by atoms with Gasteiger partial charge in [-0.15, -0.1) is 0 Å². The molecule has 1 N–H and O–H groups in total. The van der Waals surface area contributed by atoms with Crippen LogP contribution in [0.5, 0.6) is 11.5 Å². The van der Waals surface area contributed by atoms with Gasteiger partial charge in [0, 0.05) is 18.8 Å². The highest BCUT2D eigenvalue weighted by molar-refractivity contribution is 5.91. The first kappa shape index (κ1) is 16.9. The third-order valence-corrected chi connectivity index (χ3v) is 4.19. The Balaban J connectivity index is 1.27. The number of ether oxygens (including phenoxy) is 2. The molecule has 0 radical (unpaired) electrons. The maximum atomic E-state index is 12.0. The Morgan fingerprint density at radius 3 is 2.89 bits per heavy atom. The Bertz CT molecular complexity index is 964. The fourth-order valence-electron chi connectivity index (χ4n) is 2.79. The molecule has 2 aromatic carbocycles. The van der Waals surface area contributed by atoms with Crippen LogP contribution in [0.2, 0.25) is 0 Å². The summed E-state index contributed by atoms with van der Waals surface area (Å²) in [5.74, 6) is 1.30. The smallest absolute Gasteiger partial charge is 0.244 e. The van der Waals surface area contributed by atoms with E-state index in [0.717, 1.165) is 29.0 Å². The summed E-state index contributed by atoms with van der Waals surface area (Å²) in [5, 5.41) is 7.24. The number of carbonyl (C=O) groups excluding carboxylic acids is 1. The third-order valence-electron chi connectivity index (χ3n) is 4.19. The molecule has 0 saturated heterocycles. The minimum atomic E-state index is -0.136. The zero-order valence-corrected chi connectivity index (χ0v) is 14.7. The van der Waals surface area contributed by atoms with Crippen molar-refractivity contribution in [1.82, 2.24) is 15.1 Å². The quantitative estimate of drug-likeness (QED) is 0.686. The van der Waals surface area contributed by atoms with Crippen molar-refractivity contribution >= 4 is 12.0 Å². The second-order valence-electron chi connectivity index (χ2n) is 6.12. The molecule has 0 unspecified atom stereocenters. The summed E-state index contributed by atoms with van der Waals surface area (Å²) in [6.45, 7) is 0.786. The Labute approximate surface area is 157 Å². The minimum Gasteiger partial charge on any atom is -0.454 e. The van der Waals surface area contributed by atoms with E-state index < -0.39 is 0 Å². The van der Waals surface area contributed by atoms with Gasteiger partial charge in [0.15, 0.2) is 11.5 Å². The largest absolute Gasteiger partial charge is 0.454 e. The summed E-state index contributed by atoms with van der Waals surface area (Å²) >= 11 is 0. The molecule has 27 heavy (non-hydrogen) atoms. The van der Waals surface area contributed by atoms with Crippen LogP contribution in [0.1, 0.15) is 11.1 Å². The fraction of sp³-hybridized carbons (Fsp3) is 0.143. The van der Waals surface area contributed by atoms with E-state index in [9.17, 15) is 4.79 Å². The van der Waals surface area contributed by atoms with E-state index in [1.165, 1.54) is 6.08 Å². The molecule has 0 bridgehead atoms. The Kier molecular flexibility index (Phi) is 4.87. The molecule has 0 saturated carbocycles. The normalized spacial score (nSPS) is 12.4. The molecule has 0 atom stereocenters. The summed E-state index contributed by atoms with van der Waals surface area (Å²) < 4.78 is 12.4. The predicted molar refractivity (Wildman–Crippen MR) is 102 cm³/mol. The van der Waals surface area contributed by atoms with Gasteiger partial charge in [0.2, 0.25) is 12.7 Å². The van der Waals surface area contributed by atoms with Crippen LogP contribution in [0.15, 0.2) is 67.0 Å². The molecule has 4 rings (SSSR count). The zero-order valence-electron chi connectivity index (χ0n) is 14.7. The van der Waals surface area contributed by atoms with Crippen LogP contribution < -0.4 is 14.8 Å². The van der Waals surface area contributed by atoms with Gasteiger partial charge >= 0.3 is 0 Å². The lowest BCUT2D eigenvalue weighted by Gasteiger charge is -2.01.